The lowest BCUT2D eigenvalue weighted by Gasteiger charge is -2.40. The van der Waals surface area contributed by atoms with Crippen LogP contribution in [0.2, 0.25) is 0 Å². The smallest absolute Gasteiger partial charge is 0.220 e. The van der Waals surface area contributed by atoms with E-state index in [1.54, 1.807) is 0 Å². The van der Waals surface area contributed by atoms with Gasteiger partial charge in [0.25, 0.3) is 0 Å². The van der Waals surface area contributed by atoms with Gasteiger partial charge in [0.05, 0.1) is 25.4 Å². The minimum atomic E-state index is -1.55. The average Bonchev–Trinajstić information content (AvgIpc) is 3.33. The molecule has 0 aromatic carbocycles. The van der Waals surface area contributed by atoms with E-state index in [0.29, 0.717) is 12.8 Å². The fourth-order valence-electron chi connectivity index (χ4n) is 8.20. The van der Waals surface area contributed by atoms with Gasteiger partial charge in [0.15, 0.2) is 6.29 Å². The topological polar surface area (TPSA) is 149 Å². The molecular weight excluding hydrogens is 839 g/mol. The van der Waals surface area contributed by atoms with Crippen LogP contribution in [0.4, 0.5) is 0 Å². The van der Waals surface area contributed by atoms with Gasteiger partial charge in [-0.25, -0.2) is 0 Å². The van der Waals surface area contributed by atoms with Crippen molar-refractivity contribution in [1.82, 2.24) is 5.32 Å². The van der Waals surface area contributed by atoms with E-state index >= 15 is 0 Å². The Morgan fingerprint density at radius 1 is 0.522 bits per heavy atom. The number of carbonyl (C=O) groups is 1. The van der Waals surface area contributed by atoms with Gasteiger partial charge in [-0.05, 0) is 70.6 Å². The number of rotatable bonds is 45. The number of hydrogen-bond donors (Lipinski definition) is 6. The molecular formula is C58H101NO8. The number of unbranched alkanes of at least 4 members (excludes halogenated alkanes) is 21. The molecule has 67 heavy (non-hydrogen) atoms. The Morgan fingerprint density at radius 2 is 0.925 bits per heavy atom. The maximum Gasteiger partial charge on any atom is 0.220 e. The van der Waals surface area contributed by atoms with Gasteiger partial charge in [0.1, 0.15) is 24.4 Å². The van der Waals surface area contributed by atoms with Crippen LogP contribution in [0.5, 0.6) is 0 Å². The molecule has 0 radical (unpaired) electrons. The van der Waals surface area contributed by atoms with Gasteiger partial charge in [-0.1, -0.05) is 227 Å². The summed E-state index contributed by atoms with van der Waals surface area (Å²) in [6.07, 6.45) is 59.4. The van der Waals surface area contributed by atoms with E-state index in [1.807, 2.05) is 0 Å². The number of nitrogens with one attached hydrogen (secondary N) is 1. The highest BCUT2D eigenvalue weighted by Crippen LogP contribution is 2.23. The molecule has 0 bridgehead atoms. The Hall–Kier alpha value is -2.63. The van der Waals surface area contributed by atoms with Gasteiger partial charge in [-0.3, -0.25) is 4.79 Å². The molecule has 7 unspecified atom stereocenters. The van der Waals surface area contributed by atoms with Gasteiger partial charge < -0.3 is 40.3 Å². The fraction of sp³-hybridized carbons (Fsp3) is 0.741. The first kappa shape index (κ1) is 62.4. The summed E-state index contributed by atoms with van der Waals surface area (Å²) in [6, 6.07) is -0.719. The lowest BCUT2D eigenvalue weighted by molar-refractivity contribution is -0.302. The average molecular weight is 940 g/mol. The van der Waals surface area contributed by atoms with Gasteiger partial charge in [-0.15, -0.1) is 0 Å². The van der Waals surface area contributed by atoms with Crippen LogP contribution in [-0.2, 0) is 14.3 Å². The molecule has 6 N–H and O–H groups in total. The Bertz CT molecular complexity index is 1320. The third-order valence-electron chi connectivity index (χ3n) is 12.5. The molecule has 0 spiro atoms. The lowest BCUT2D eigenvalue weighted by Crippen LogP contribution is -2.60. The van der Waals surface area contributed by atoms with E-state index < -0.39 is 49.5 Å². The predicted molar refractivity (Wildman–Crippen MR) is 281 cm³/mol. The number of amides is 1. The number of ether oxygens (including phenoxy) is 2. The van der Waals surface area contributed by atoms with Crippen LogP contribution in [0.3, 0.4) is 0 Å². The molecule has 0 saturated carbocycles. The zero-order valence-corrected chi connectivity index (χ0v) is 42.6. The number of hydrogen-bond acceptors (Lipinski definition) is 8. The van der Waals surface area contributed by atoms with Crippen molar-refractivity contribution >= 4 is 5.91 Å². The molecule has 0 aromatic heterocycles. The third-order valence-corrected chi connectivity index (χ3v) is 12.5. The molecule has 1 amide bonds. The molecule has 386 valence electrons. The minimum Gasteiger partial charge on any atom is -0.394 e. The summed E-state index contributed by atoms with van der Waals surface area (Å²) in [5, 5.41) is 54.2. The maximum atomic E-state index is 13.0. The van der Waals surface area contributed by atoms with Crippen molar-refractivity contribution in [2.75, 3.05) is 13.2 Å². The highest BCUT2D eigenvalue weighted by atomic mass is 16.7. The van der Waals surface area contributed by atoms with Crippen LogP contribution >= 0.6 is 0 Å². The predicted octanol–water partition coefficient (Wildman–Crippen LogP) is 13.1. The first-order chi connectivity index (χ1) is 32.8. The Morgan fingerprint density at radius 3 is 1.37 bits per heavy atom. The van der Waals surface area contributed by atoms with Crippen molar-refractivity contribution in [3.8, 4) is 0 Å². The SMILES string of the molecule is CC/C=C\C/C=C\C/C=C\C/C=C\C/C=C\C/C=C\C/C=C\CCCCCCCCCCCCCCCCCC(=O)NC(COC1OC(CO)C(O)C(O)C1O)C(O)CCCCCCCCC. The molecule has 1 heterocycles. The van der Waals surface area contributed by atoms with Crippen molar-refractivity contribution in [2.45, 2.75) is 262 Å². The third kappa shape index (κ3) is 36.9. The van der Waals surface area contributed by atoms with Crippen molar-refractivity contribution in [3.05, 3.63) is 85.1 Å². The van der Waals surface area contributed by atoms with E-state index in [4.69, 9.17) is 9.47 Å². The van der Waals surface area contributed by atoms with Crippen molar-refractivity contribution in [2.24, 2.45) is 0 Å². The molecule has 1 fully saturated rings. The number of aliphatic hydroxyl groups excluding tert-OH is 5. The van der Waals surface area contributed by atoms with Gasteiger partial charge in [-0.2, -0.15) is 0 Å². The molecule has 0 aromatic rings. The summed E-state index contributed by atoms with van der Waals surface area (Å²) >= 11 is 0. The first-order valence-electron chi connectivity index (χ1n) is 27.3. The van der Waals surface area contributed by atoms with Crippen molar-refractivity contribution < 1.29 is 39.8 Å². The molecule has 1 aliphatic rings. The van der Waals surface area contributed by atoms with Crippen LogP contribution < -0.4 is 5.32 Å². The molecule has 0 aliphatic carbocycles. The molecule has 1 rings (SSSR count). The van der Waals surface area contributed by atoms with Gasteiger partial charge in [0, 0.05) is 6.42 Å². The normalized spacial score (nSPS) is 20.4. The Kier molecular flexibility index (Phi) is 43.8. The van der Waals surface area contributed by atoms with Crippen molar-refractivity contribution in [3.63, 3.8) is 0 Å². The largest absolute Gasteiger partial charge is 0.394 e. The quantitative estimate of drug-likeness (QED) is 0.0261. The zero-order chi connectivity index (χ0) is 48.7. The number of allylic oxidation sites excluding steroid dienone is 14. The fourth-order valence-corrected chi connectivity index (χ4v) is 8.20. The standard InChI is InChI=1S/C58H101NO8/c1-3-5-7-9-11-12-13-14-15-16-17-18-19-20-21-22-23-24-25-26-27-28-29-30-31-32-33-34-35-36-37-38-39-40-42-44-46-48-54(62)59-51(52(61)47-45-43-41-10-8-6-4-2)50-66-58-57(65)56(64)55(63)53(49-60)67-58/h5,7,11-12,14-15,17-18,20-21,23-24,26-27,51-53,55-58,60-61,63-65H,3-4,6,8-10,13,16,19,22,25,28-50H2,1-2H3,(H,59,62)/b7-5-,12-11-,15-14-,18-17-,21-20-,24-23-,27-26-. The molecule has 9 nitrogen and oxygen atoms in total. The highest BCUT2D eigenvalue weighted by molar-refractivity contribution is 5.76. The molecule has 1 aliphatic heterocycles. The summed E-state index contributed by atoms with van der Waals surface area (Å²) in [5.41, 5.74) is 0. The summed E-state index contributed by atoms with van der Waals surface area (Å²) in [6.45, 7) is 3.66. The zero-order valence-electron chi connectivity index (χ0n) is 42.6. The Balaban J connectivity index is 2.04. The summed E-state index contributed by atoms with van der Waals surface area (Å²) in [5.74, 6) is -0.151. The first-order valence-corrected chi connectivity index (χ1v) is 27.3. The summed E-state index contributed by atoms with van der Waals surface area (Å²) in [4.78, 5) is 13.0. The van der Waals surface area contributed by atoms with Gasteiger partial charge >= 0.3 is 0 Å². The lowest BCUT2D eigenvalue weighted by atomic mass is 9.99. The summed E-state index contributed by atoms with van der Waals surface area (Å²) in [7, 11) is 0. The van der Waals surface area contributed by atoms with Crippen LogP contribution in [0, 0.1) is 0 Å². The monoisotopic (exact) mass is 940 g/mol. The van der Waals surface area contributed by atoms with E-state index in [2.05, 4.69) is 104 Å². The molecule has 9 heteroatoms. The number of carbonyl (C=O) groups excluding carboxylic acids is 1. The van der Waals surface area contributed by atoms with Crippen LogP contribution in [0.1, 0.15) is 219 Å². The second-order valence-electron chi connectivity index (χ2n) is 18.6. The molecule has 1 saturated heterocycles. The second-order valence-corrected chi connectivity index (χ2v) is 18.6. The van der Waals surface area contributed by atoms with Crippen LogP contribution in [0.25, 0.3) is 0 Å². The van der Waals surface area contributed by atoms with Crippen LogP contribution in [-0.4, -0.2) is 87.5 Å². The van der Waals surface area contributed by atoms with E-state index in [1.165, 1.54) is 109 Å². The van der Waals surface area contributed by atoms with E-state index in [9.17, 15) is 30.3 Å². The molecule has 7 atom stereocenters. The summed E-state index contributed by atoms with van der Waals surface area (Å²) < 4.78 is 11.2. The maximum absolute atomic E-state index is 13.0. The van der Waals surface area contributed by atoms with Crippen LogP contribution in [0.15, 0.2) is 85.1 Å². The van der Waals surface area contributed by atoms with E-state index in [0.717, 1.165) is 83.5 Å². The highest BCUT2D eigenvalue weighted by Gasteiger charge is 2.44. The van der Waals surface area contributed by atoms with Gasteiger partial charge in [0.2, 0.25) is 5.91 Å². The minimum absolute atomic E-state index is 0.141. The van der Waals surface area contributed by atoms with Crippen molar-refractivity contribution in [1.29, 1.82) is 0 Å². The number of aliphatic hydroxyl groups is 5. The second kappa shape index (κ2) is 47.1. The van der Waals surface area contributed by atoms with E-state index in [-0.39, 0.29) is 12.5 Å². The Labute approximate surface area is 410 Å².